The van der Waals surface area contributed by atoms with Crippen molar-refractivity contribution in [2.45, 2.75) is 65.5 Å². The van der Waals surface area contributed by atoms with Gasteiger partial charge in [0.05, 0.1) is 0 Å². The Morgan fingerprint density at radius 1 is 1.33 bits per heavy atom. The zero-order chi connectivity index (χ0) is 15.3. The molecular weight excluding hydrogens is 258 g/mol. The minimum absolute atomic E-state index is 0.183. The molecule has 116 valence electrons. The van der Waals surface area contributed by atoms with Gasteiger partial charge in [0.25, 0.3) is 0 Å². The van der Waals surface area contributed by atoms with Crippen LogP contribution in [0.3, 0.4) is 0 Å². The molecule has 2 nitrogen and oxygen atoms in total. The number of carbonyl (C=O) groups is 1. The Kier molecular flexibility index (Phi) is 5.58. The van der Waals surface area contributed by atoms with Crippen molar-refractivity contribution in [3.05, 3.63) is 35.9 Å². The monoisotopic (exact) mass is 287 g/mol. The molecule has 0 spiro atoms. The van der Waals surface area contributed by atoms with Gasteiger partial charge >= 0.3 is 0 Å². The highest BCUT2D eigenvalue weighted by Gasteiger charge is 2.43. The van der Waals surface area contributed by atoms with Gasteiger partial charge in [-0.15, -0.1) is 0 Å². The van der Waals surface area contributed by atoms with E-state index < -0.39 is 0 Å². The lowest BCUT2D eigenvalue weighted by Gasteiger charge is -2.43. The fraction of sp³-hybridized carbons (Fsp3) is 0.632. The molecule has 2 rings (SSSR count). The van der Waals surface area contributed by atoms with Crippen molar-refractivity contribution in [2.24, 2.45) is 11.3 Å². The van der Waals surface area contributed by atoms with E-state index in [-0.39, 0.29) is 5.41 Å². The number of ketones is 1. The molecule has 0 bridgehead atoms. The van der Waals surface area contributed by atoms with Crippen molar-refractivity contribution >= 4 is 5.78 Å². The molecule has 2 unspecified atom stereocenters. The normalized spacial score (nSPS) is 29.3. The first-order valence-electron chi connectivity index (χ1n) is 8.37. The second kappa shape index (κ2) is 7.22. The smallest absolute Gasteiger partial charge is 0.140 e. The Bertz CT molecular complexity index is 456. The van der Waals surface area contributed by atoms with E-state index in [1.807, 2.05) is 6.07 Å². The number of nitrogens with one attached hydrogen (secondary N) is 1. The number of carbonyl (C=O) groups excluding carboxylic acids is 1. The van der Waals surface area contributed by atoms with Gasteiger partial charge in [-0.1, -0.05) is 51.1 Å². The maximum atomic E-state index is 12.6. The summed E-state index contributed by atoms with van der Waals surface area (Å²) in [6, 6.07) is 10.8. The van der Waals surface area contributed by atoms with E-state index in [0.29, 0.717) is 24.2 Å². The van der Waals surface area contributed by atoms with E-state index in [9.17, 15) is 4.79 Å². The van der Waals surface area contributed by atoms with E-state index >= 15 is 0 Å². The van der Waals surface area contributed by atoms with Crippen LogP contribution in [0.4, 0.5) is 0 Å². The Morgan fingerprint density at radius 3 is 2.71 bits per heavy atom. The molecule has 0 heterocycles. The van der Waals surface area contributed by atoms with E-state index in [1.54, 1.807) is 0 Å². The lowest BCUT2D eigenvalue weighted by atomic mass is 9.65. The van der Waals surface area contributed by atoms with Gasteiger partial charge in [-0.25, -0.2) is 0 Å². The van der Waals surface area contributed by atoms with Crippen molar-refractivity contribution < 1.29 is 4.79 Å². The van der Waals surface area contributed by atoms with Crippen molar-refractivity contribution in [1.29, 1.82) is 0 Å². The molecular formula is C19H29NO. The molecule has 0 radical (unpaired) electrons. The molecule has 1 fully saturated rings. The van der Waals surface area contributed by atoms with Crippen LogP contribution in [0.1, 0.15) is 58.4 Å². The van der Waals surface area contributed by atoms with Crippen LogP contribution in [0.15, 0.2) is 30.3 Å². The first-order chi connectivity index (χ1) is 10.1. The minimum atomic E-state index is -0.183. The minimum Gasteiger partial charge on any atom is -0.309 e. The summed E-state index contributed by atoms with van der Waals surface area (Å²) in [5.41, 5.74) is 1.11. The molecule has 21 heavy (non-hydrogen) atoms. The first-order valence-corrected chi connectivity index (χ1v) is 8.37. The lowest BCUT2D eigenvalue weighted by molar-refractivity contribution is -0.131. The average molecular weight is 287 g/mol. The van der Waals surface area contributed by atoms with Gasteiger partial charge in [0.15, 0.2) is 0 Å². The molecule has 1 saturated carbocycles. The lowest BCUT2D eigenvalue weighted by Crippen LogP contribution is -2.51. The molecule has 2 heteroatoms. The highest BCUT2D eigenvalue weighted by atomic mass is 16.1. The predicted octanol–water partition coefficient (Wildman–Crippen LogP) is 4.34. The number of benzene rings is 1. The molecule has 1 aromatic rings. The van der Waals surface area contributed by atoms with Crippen LogP contribution in [0.25, 0.3) is 0 Å². The summed E-state index contributed by atoms with van der Waals surface area (Å²) in [5.74, 6) is 1.16. The first kappa shape index (κ1) is 16.2. The van der Waals surface area contributed by atoms with Crippen molar-refractivity contribution in [1.82, 2.24) is 5.32 Å². The van der Waals surface area contributed by atoms with Crippen LogP contribution in [0, 0.1) is 11.3 Å². The zero-order valence-electron chi connectivity index (χ0n) is 13.7. The van der Waals surface area contributed by atoms with Crippen LogP contribution in [-0.2, 0) is 11.3 Å². The third-order valence-corrected chi connectivity index (χ3v) is 5.07. The molecule has 0 aromatic heterocycles. The van der Waals surface area contributed by atoms with Crippen LogP contribution in [-0.4, -0.2) is 11.8 Å². The van der Waals surface area contributed by atoms with Crippen LogP contribution in [0.5, 0.6) is 0 Å². The van der Waals surface area contributed by atoms with E-state index in [4.69, 9.17) is 0 Å². The third kappa shape index (κ3) is 3.94. The largest absolute Gasteiger partial charge is 0.309 e. The third-order valence-electron chi connectivity index (χ3n) is 5.07. The summed E-state index contributed by atoms with van der Waals surface area (Å²) in [7, 11) is 0. The Balaban J connectivity index is 2.06. The fourth-order valence-corrected chi connectivity index (χ4v) is 3.49. The Morgan fingerprint density at radius 2 is 2.05 bits per heavy atom. The SMILES string of the molecule is CCCC(=O)C1(C)CC[C@H](C)CC1NCc1ccccc1. The molecule has 1 N–H and O–H groups in total. The summed E-state index contributed by atoms with van der Waals surface area (Å²) in [6.45, 7) is 7.44. The Labute approximate surface area is 129 Å². The molecule has 0 aliphatic heterocycles. The second-order valence-corrected chi connectivity index (χ2v) is 6.89. The standard InChI is InChI=1S/C19H29NO/c1-4-8-18(21)19(3)12-11-15(2)13-17(19)20-14-16-9-6-5-7-10-16/h5-7,9-10,15,17,20H,4,8,11-14H2,1-3H3/t15-,17?,19?/m0/s1. The van der Waals surface area contributed by atoms with Gasteiger partial charge in [-0.2, -0.15) is 0 Å². The van der Waals surface area contributed by atoms with Gasteiger partial charge in [0.2, 0.25) is 0 Å². The summed E-state index contributed by atoms with van der Waals surface area (Å²) in [6.07, 6.45) is 4.98. The van der Waals surface area contributed by atoms with Gasteiger partial charge < -0.3 is 5.32 Å². The molecule has 1 aliphatic carbocycles. The molecule has 0 saturated heterocycles. The Hall–Kier alpha value is -1.15. The number of hydrogen-bond acceptors (Lipinski definition) is 2. The highest BCUT2D eigenvalue weighted by Crippen LogP contribution is 2.40. The topological polar surface area (TPSA) is 29.1 Å². The van der Waals surface area contributed by atoms with E-state index in [0.717, 1.165) is 25.8 Å². The van der Waals surface area contributed by atoms with Crippen LogP contribution < -0.4 is 5.32 Å². The van der Waals surface area contributed by atoms with Gasteiger partial charge in [0.1, 0.15) is 5.78 Å². The molecule has 0 amide bonds. The quantitative estimate of drug-likeness (QED) is 0.843. The fourth-order valence-electron chi connectivity index (χ4n) is 3.49. The van der Waals surface area contributed by atoms with Crippen molar-refractivity contribution in [3.8, 4) is 0 Å². The maximum Gasteiger partial charge on any atom is 0.140 e. The van der Waals surface area contributed by atoms with Crippen molar-refractivity contribution in [3.63, 3.8) is 0 Å². The number of hydrogen-bond donors (Lipinski definition) is 1. The van der Waals surface area contributed by atoms with Crippen LogP contribution in [0.2, 0.25) is 0 Å². The van der Waals surface area contributed by atoms with Crippen molar-refractivity contribution in [2.75, 3.05) is 0 Å². The van der Waals surface area contributed by atoms with E-state index in [1.165, 1.54) is 12.0 Å². The average Bonchev–Trinajstić information content (AvgIpc) is 2.49. The summed E-state index contributed by atoms with van der Waals surface area (Å²) in [4.78, 5) is 12.6. The zero-order valence-corrected chi connectivity index (χ0v) is 13.7. The van der Waals surface area contributed by atoms with Gasteiger partial charge in [-0.3, -0.25) is 4.79 Å². The molecule has 1 aliphatic rings. The number of Topliss-reactive ketones (excluding diaryl/α,β-unsaturated/α-hetero) is 1. The molecule has 3 atom stereocenters. The van der Waals surface area contributed by atoms with Gasteiger partial charge in [-0.05, 0) is 37.2 Å². The van der Waals surface area contributed by atoms with Gasteiger partial charge in [0, 0.05) is 24.4 Å². The summed E-state index contributed by atoms with van der Waals surface area (Å²) < 4.78 is 0. The maximum absolute atomic E-state index is 12.6. The highest BCUT2D eigenvalue weighted by molar-refractivity contribution is 5.85. The van der Waals surface area contributed by atoms with E-state index in [2.05, 4.69) is 50.4 Å². The predicted molar refractivity (Wildman–Crippen MR) is 88.1 cm³/mol. The molecule has 1 aromatic carbocycles. The number of rotatable bonds is 6. The van der Waals surface area contributed by atoms with Crippen LogP contribution >= 0.6 is 0 Å². The summed E-state index contributed by atoms with van der Waals surface area (Å²) >= 11 is 0. The second-order valence-electron chi connectivity index (χ2n) is 6.89. The summed E-state index contributed by atoms with van der Waals surface area (Å²) in [5, 5.41) is 3.68.